The Morgan fingerprint density at radius 1 is 0.640 bits per heavy atom. The van der Waals surface area contributed by atoms with Crippen molar-refractivity contribution in [3.05, 3.63) is 60.2 Å². The molecule has 2 rings (SSSR count). The molecule has 0 radical (unpaired) electrons. The van der Waals surface area contributed by atoms with Gasteiger partial charge in [0.2, 0.25) is 0 Å². The summed E-state index contributed by atoms with van der Waals surface area (Å²) in [5.41, 5.74) is 2.49. The summed E-state index contributed by atoms with van der Waals surface area (Å²) < 4.78 is 46.3. The van der Waals surface area contributed by atoms with Crippen molar-refractivity contribution in [3.8, 4) is 11.1 Å². The highest BCUT2D eigenvalue weighted by molar-refractivity contribution is 7.72. The van der Waals surface area contributed by atoms with Crippen LogP contribution in [-0.2, 0) is 27.2 Å². The third-order valence-corrected chi connectivity index (χ3v) is 9.46. The Kier molecular flexibility index (Phi) is 6.75. The predicted octanol–water partition coefficient (Wildman–Crippen LogP) is 5.32. The van der Waals surface area contributed by atoms with E-state index in [4.69, 9.17) is 18.1 Å². The summed E-state index contributed by atoms with van der Waals surface area (Å²) in [6.45, 7) is 0. The topological polar surface area (TPSA) is 71.1 Å². The summed E-state index contributed by atoms with van der Waals surface area (Å²) in [6, 6.07) is 16.9. The van der Waals surface area contributed by atoms with Gasteiger partial charge in [-0.1, -0.05) is 54.6 Å². The molecule has 0 amide bonds. The van der Waals surface area contributed by atoms with Gasteiger partial charge in [0.1, 0.15) is 0 Å². The molecular formula is C17H22O6P2. The lowest BCUT2D eigenvalue weighted by atomic mass is 10.0. The summed E-state index contributed by atoms with van der Waals surface area (Å²) in [7, 11) is -2.57. The molecule has 2 aromatic rings. The van der Waals surface area contributed by atoms with Crippen LogP contribution < -0.4 is 0 Å². The number of benzene rings is 2. The highest BCUT2D eigenvalue weighted by Crippen LogP contribution is 2.77. The first-order chi connectivity index (χ1) is 11.9. The van der Waals surface area contributed by atoms with Crippen LogP contribution >= 0.6 is 15.2 Å². The molecule has 0 bridgehead atoms. The van der Waals surface area contributed by atoms with Crippen molar-refractivity contribution in [1.29, 1.82) is 0 Å². The lowest BCUT2D eigenvalue weighted by Gasteiger charge is -2.29. The van der Waals surface area contributed by atoms with E-state index in [1.165, 1.54) is 28.4 Å². The lowest BCUT2D eigenvalue weighted by Crippen LogP contribution is -2.07. The van der Waals surface area contributed by atoms with Gasteiger partial charge in [-0.25, -0.2) is 0 Å². The molecule has 0 saturated heterocycles. The first kappa shape index (κ1) is 20.1. The van der Waals surface area contributed by atoms with Gasteiger partial charge >= 0.3 is 15.2 Å². The van der Waals surface area contributed by atoms with E-state index in [0.29, 0.717) is 5.56 Å². The molecule has 6 nitrogen and oxygen atoms in total. The molecule has 0 aliphatic heterocycles. The van der Waals surface area contributed by atoms with Gasteiger partial charge in [0.25, 0.3) is 0 Å². The molecule has 0 fully saturated rings. The summed E-state index contributed by atoms with van der Waals surface area (Å²) in [5.74, 6) is 0. The van der Waals surface area contributed by atoms with Gasteiger partial charge in [-0.3, -0.25) is 9.13 Å². The van der Waals surface area contributed by atoms with Crippen LogP contribution in [0.1, 0.15) is 11.0 Å². The molecule has 25 heavy (non-hydrogen) atoms. The van der Waals surface area contributed by atoms with Crippen molar-refractivity contribution in [3.63, 3.8) is 0 Å². The van der Waals surface area contributed by atoms with Crippen LogP contribution in [-0.4, -0.2) is 28.4 Å². The molecule has 0 N–H and O–H groups in total. The van der Waals surface area contributed by atoms with Crippen LogP contribution in [0.25, 0.3) is 11.1 Å². The van der Waals surface area contributed by atoms with Crippen molar-refractivity contribution in [2.24, 2.45) is 0 Å². The second kappa shape index (κ2) is 8.41. The predicted molar refractivity (Wildman–Crippen MR) is 97.9 cm³/mol. The quantitative estimate of drug-likeness (QED) is 0.574. The van der Waals surface area contributed by atoms with Gasteiger partial charge < -0.3 is 18.1 Å². The molecule has 0 atom stereocenters. The van der Waals surface area contributed by atoms with Crippen molar-refractivity contribution < 1.29 is 27.2 Å². The van der Waals surface area contributed by atoms with Crippen molar-refractivity contribution >= 4 is 15.2 Å². The smallest absolute Gasteiger partial charge is 0.311 e. The highest BCUT2D eigenvalue weighted by atomic mass is 31.2. The van der Waals surface area contributed by atoms with Gasteiger partial charge in [-0.2, -0.15) is 0 Å². The molecular weight excluding hydrogens is 362 g/mol. The van der Waals surface area contributed by atoms with E-state index in [1.807, 2.05) is 42.5 Å². The maximum absolute atomic E-state index is 13.0. The zero-order valence-corrected chi connectivity index (χ0v) is 16.4. The Morgan fingerprint density at radius 3 is 1.44 bits per heavy atom. The molecule has 0 aliphatic rings. The average molecular weight is 384 g/mol. The van der Waals surface area contributed by atoms with Crippen LogP contribution in [0.4, 0.5) is 0 Å². The number of hydrogen-bond acceptors (Lipinski definition) is 6. The van der Waals surface area contributed by atoms with Gasteiger partial charge in [0, 0.05) is 28.4 Å². The SMILES string of the molecule is COP(=O)(OC)C(c1ccc(-c2ccccc2)cc1)P(=O)(OC)OC. The average Bonchev–Trinajstić information content (AvgIpc) is 2.69. The maximum Gasteiger partial charge on any atom is 0.349 e. The molecule has 0 saturated carbocycles. The second-order valence-electron chi connectivity index (χ2n) is 5.17. The monoisotopic (exact) mass is 384 g/mol. The minimum absolute atomic E-state index is 0.485. The van der Waals surface area contributed by atoms with Crippen molar-refractivity contribution in [2.75, 3.05) is 28.4 Å². The van der Waals surface area contributed by atoms with Crippen LogP contribution in [0.3, 0.4) is 0 Å². The first-order valence-corrected chi connectivity index (χ1v) is 10.7. The summed E-state index contributed by atoms with van der Waals surface area (Å²) in [4.78, 5) is 0. The second-order valence-corrected chi connectivity index (χ2v) is 10.2. The number of rotatable bonds is 8. The summed E-state index contributed by atoms with van der Waals surface area (Å²) in [6.07, 6.45) is 0. The van der Waals surface area contributed by atoms with E-state index in [9.17, 15) is 9.13 Å². The molecule has 8 heteroatoms. The molecule has 0 aliphatic carbocycles. The van der Waals surface area contributed by atoms with E-state index in [0.717, 1.165) is 11.1 Å². The van der Waals surface area contributed by atoms with Gasteiger partial charge in [0.15, 0.2) is 5.40 Å². The lowest BCUT2D eigenvalue weighted by molar-refractivity contribution is 0.247. The van der Waals surface area contributed by atoms with Gasteiger partial charge in [0.05, 0.1) is 0 Å². The Hall–Kier alpha value is -1.26. The standard InChI is InChI=1S/C17H22O6P2/c1-20-24(18,21-2)17(25(19,22-3)23-4)16-12-10-15(11-13-16)14-8-6-5-7-9-14/h5-13,17H,1-4H3. The molecule has 0 heterocycles. The van der Waals surface area contributed by atoms with E-state index >= 15 is 0 Å². The minimum atomic E-state index is -3.77. The van der Waals surface area contributed by atoms with Crippen LogP contribution in [0.2, 0.25) is 0 Å². The molecule has 0 unspecified atom stereocenters. The van der Waals surface area contributed by atoms with Crippen LogP contribution in [0, 0.1) is 0 Å². The zero-order chi connectivity index (χ0) is 18.5. The summed E-state index contributed by atoms with van der Waals surface area (Å²) >= 11 is 0. The third-order valence-electron chi connectivity index (χ3n) is 3.93. The fourth-order valence-electron chi connectivity index (χ4n) is 2.57. The Balaban J connectivity index is 2.52. The van der Waals surface area contributed by atoms with Gasteiger partial charge in [-0.15, -0.1) is 0 Å². The fourth-order valence-corrected chi connectivity index (χ4v) is 7.25. The van der Waals surface area contributed by atoms with Crippen LogP contribution in [0.5, 0.6) is 0 Å². The maximum atomic E-state index is 13.0. The molecule has 0 spiro atoms. The first-order valence-electron chi connectivity index (χ1n) is 7.52. The van der Waals surface area contributed by atoms with E-state index in [-0.39, 0.29) is 0 Å². The third kappa shape index (κ3) is 4.12. The van der Waals surface area contributed by atoms with E-state index in [1.54, 1.807) is 12.1 Å². The van der Waals surface area contributed by atoms with E-state index in [2.05, 4.69) is 0 Å². The zero-order valence-electron chi connectivity index (χ0n) is 14.6. The van der Waals surface area contributed by atoms with Crippen LogP contribution in [0.15, 0.2) is 54.6 Å². The Labute approximate surface area is 148 Å². The molecule has 136 valence electrons. The Morgan fingerprint density at radius 2 is 1.04 bits per heavy atom. The highest BCUT2D eigenvalue weighted by Gasteiger charge is 2.50. The minimum Gasteiger partial charge on any atom is -0.311 e. The summed E-state index contributed by atoms with van der Waals surface area (Å²) in [5, 5.41) is -1.19. The molecule has 0 aromatic heterocycles. The van der Waals surface area contributed by atoms with Gasteiger partial charge in [-0.05, 0) is 16.7 Å². The number of hydrogen-bond donors (Lipinski definition) is 0. The van der Waals surface area contributed by atoms with Crippen molar-refractivity contribution in [2.45, 2.75) is 5.40 Å². The largest absolute Gasteiger partial charge is 0.349 e. The fraction of sp³-hybridized carbons (Fsp3) is 0.294. The Bertz CT molecular complexity index is 733. The van der Waals surface area contributed by atoms with Crippen molar-refractivity contribution in [1.82, 2.24) is 0 Å². The van der Waals surface area contributed by atoms with E-state index < -0.39 is 20.6 Å². The molecule has 2 aromatic carbocycles. The normalized spacial score (nSPS) is 12.5.